The quantitative estimate of drug-likeness (QED) is 0.763. The summed E-state index contributed by atoms with van der Waals surface area (Å²) in [7, 11) is 0. The number of hydrogen-bond acceptors (Lipinski definition) is 2. The Hall–Kier alpha value is -1.54. The van der Waals surface area contributed by atoms with E-state index in [1.54, 1.807) is 0 Å². The third-order valence-corrected chi connectivity index (χ3v) is 4.06. The lowest BCUT2D eigenvalue weighted by atomic mass is 10.00. The van der Waals surface area contributed by atoms with Gasteiger partial charge in [-0.05, 0) is 32.9 Å². The SMILES string of the molecule is CCN1c2c(c(Cl)cc3ccc(C)nc23)C=CC1C. The number of likely N-dealkylation sites (N-methyl/N-ethyl adjacent to an activating group) is 1. The minimum absolute atomic E-state index is 0.376. The molecule has 1 atom stereocenters. The van der Waals surface area contributed by atoms with Crippen molar-refractivity contribution < 1.29 is 0 Å². The fourth-order valence-corrected chi connectivity index (χ4v) is 3.04. The molecule has 1 unspecified atom stereocenters. The summed E-state index contributed by atoms with van der Waals surface area (Å²) in [5, 5.41) is 1.91. The van der Waals surface area contributed by atoms with Gasteiger partial charge in [-0.15, -0.1) is 0 Å². The van der Waals surface area contributed by atoms with Crippen molar-refractivity contribution in [3.05, 3.63) is 40.6 Å². The zero-order chi connectivity index (χ0) is 13.6. The normalized spacial score (nSPS) is 17.9. The van der Waals surface area contributed by atoms with E-state index in [9.17, 15) is 0 Å². The van der Waals surface area contributed by atoms with Crippen LogP contribution < -0.4 is 4.90 Å². The first-order valence-corrected chi connectivity index (χ1v) is 7.04. The van der Waals surface area contributed by atoms with Gasteiger partial charge in [0.15, 0.2) is 0 Å². The van der Waals surface area contributed by atoms with E-state index in [0.717, 1.165) is 33.7 Å². The Morgan fingerprint density at radius 3 is 2.89 bits per heavy atom. The molecule has 0 spiro atoms. The van der Waals surface area contributed by atoms with Crippen molar-refractivity contribution in [2.24, 2.45) is 0 Å². The van der Waals surface area contributed by atoms with Crippen molar-refractivity contribution in [3.8, 4) is 0 Å². The number of aryl methyl sites for hydroxylation is 1. The van der Waals surface area contributed by atoms with Gasteiger partial charge in [0.1, 0.15) is 0 Å². The van der Waals surface area contributed by atoms with E-state index in [-0.39, 0.29) is 0 Å². The second-order valence-electron chi connectivity index (χ2n) is 5.03. The summed E-state index contributed by atoms with van der Waals surface area (Å²) in [4.78, 5) is 7.09. The monoisotopic (exact) mass is 272 g/mol. The Bertz CT molecular complexity index is 676. The highest BCUT2D eigenvalue weighted by Gasteiger charge is 2.23. The van der Waals surface area contributed by atoms with E-state index in [1.165, 1.54) is 5.69 Å². The average molecular weight is 273 g/mol. The molecule has 2 nitrogen and oxygen atoms in total. The highest BCUT2D eigenvalue weighted by Crippen LogP contribution is 2.39. The van der Waals surface area contributed by atoms with Crippen LogP contribution in [0.2, 0.25) is 5.02 Å². The van der Waals surface area contributed by atoms with Gasteiger partial charge in [-0.25, -0.2) is 0 Å². The number of hydrogen-bond donors (Lipinski definition) is 0. The maximum atomic E-state index is 6.43. The number of aromatic nitrogens is 1. The molecule has 0 saturated carbocycles. The van der Waals surface area contributed by atoms with Crippen LogP contribution >= 0.6 is 11.6 Å². The highest BCUT2D eigenvalue weighted by molar-refractivity contribution is 6.34. The number of fused-ring (bicyclic) bond motifs is 3. The standard InChI is InChI=1S/C16H17ClN2/c1-4-19-11(3)6-8-13-14(17)9-12-7-5-10(2)18-15(12)16(13)19/h5-9,11H,4H2,1-3H3. The van der Waals surface area contributed by atoms with E-state index in [4.69, 9.17) is 16.6 Å². The topological polar surface area (TPSA) is 16.1 Å². The fourth-order valence-electron chi connectivity index (χ4n) is 2.77. The number of pyridine rings is 1. The van der Waals surface area contributed by atoms with E-state index in [2.05, 4.69) is 37.0 Å². The van der Waals surface area contributed by atoms with Gasteiger partial charge in [-0.3, -0.25) is 4.98 Å². The van der Waals surface area contributed by atoms with Gasteiger partial charge in [0.05, 0.1) is 16.2 Å². The molecule has 0 saturated heterocycles. The average Bonchev–Trinajstić information content (AvgIpc) is 2.39. The zero-order valence-corrected chi connectivity index (χ0v) is 12.2. The molecule has 0 fully saturated rings. The van der Waals surface area contributed by atoms with Crippen LogP contribution in [0.5, 0.6) is 0 Å². The highest BCUT2D eigenvalue weighted by atomic mass is 35.5. The molecule has 19 heavy (non-hydrogen) atoms. The van der Waals surface area contributed by atoms with Crippen LogP contribution in [-0.2, 0) is 0 Å². The summed E-state index contributed by atoms with van der Waals surface area (Å²) in [6, 6.07) is 6.52. The van der Waals surface area contributed by atoms with Crippen LogP contribution in [-0.4, -0.2) is 17.6 Å². The van der Waals surface area contributed by atoms with Gasteiger partial charge in [-0.2, -0.15) is 0 Å². The largest absolute Gasteiger partial charge is 0.363 e. The minimum atomic E-state index is 0.376. The second kappa shape index (κ2) is 4.53. The van der Waals surface area contributed by atoms with Crippen LogP contribution in [0.1, 0.15) is 25.1 Å². The predicted molar refractivity (Wildman–Crippen MR) is 83.0 cm³/mol. The third kappa shape index (κ3) is 1.91. The first-order chi connectivity index (χ1) is 9.11. The maximum Gasteiger partial charge on any atom is 0.0945 e. The lowest BCUT2D eigenvalue weighted by Gasteiger charge is -2.34. The summed E-state index contributed by atoms with van der Waals surface area (Å²) >= 11 is 6.43. The summed E-state index contributed by atoms with van der Waals surface area (Å²) in [6.07, 6.45) is 4.32. The van der Waals surface area contributed by atoms with Crippen molar-refractivity contribution in [3.63, 3.8) is 0 Å². The van der Waals surface area contributed by atoms with Crippen molar-refractivity contribution in [1.82, 2.24) is 4.98 Å². The van der Waals surface area contributed by atoms with Crippen LogP contribution in [0.4, 0.5) is 5.69 Å². The van der Waals surface area contributed by atoms with Gasteiger partial charge in [-0.1, -0.05) is 29.8 Å². The Labute approximate surface area is 118 Å². The zero-order valence-electron chi connectivity index (χ0n) is 11.4. The van der Waals surface area contributed by atoms with Gasteiger partial charge in [0, 0.05) is 29.2 Å². The maximum absolute atomic E-state index is 6.43. The van der Waals surface area contributed by atoms with Gasteiger partial charge in [0.25, 0.3) is 0 Å². The summed E-state index contributed by atoms with van der Waals surface area (Å²) in [6.45, 7) is 7.34. The molecule has 1 aromatic carbocycles. The van der Waals surface area contributed by atoms with E-state index in [1.807, 2.05) is 19.1 Å². The molecule has 1 aliphatic rings. The number of rotatable bonds is 1. The lowest BCUT2D eigenvalue weighted by molar-refractivity contribution is 0.755. The molecule has 0 amide bonds. The van der Waals surface area contributed by atoms with E-state index in [0.29, 0.717) is 6.04 Å². The third-order valence-electron chi connectivity index (χ3n) is 3.75. The van der Waals surface area contributed by atoms with Crippen LogP contribution in [0.25, 0.3) is 17.0 Å². The molecule has 2 heterocycles. The van der Waals surface area contributed by atoms with Gasteiger partial charge < -0.3 is 4.90 Å². The number of benzene rings is 1. The van der Waals surface area contributed by atoms with Gasteiger partial charge >= 0.3 is 0 Å². The van der Waals surface area contributed by atoms with Crippen molar-refractivity contribution in [1.29, 1.82) is 0 Å². The lowest BCUT2D eigenvalue weighted by Crippen LogP contribution is -2.34. The molecule has 3 heteroatoms. The minimum Gasteiger partial charge on any atom is -0.363 e. The smallest absolute Gasteiger partial charge is 0.0945 e. The van der Waals surface area contributed by atoms with Crippen molar-refractivity contribution >= 4 is 34.3 Å². The van der Waals surface area contributed by atoms with E-state index >= 15 is 0 Å². The molecular weight excluding hydrogens is 256 g/mol. The number of anilines is 1. The molecule has 1 aromatic heterocycles. The molecule has 1 aliphatic heterocycles. The molecule has 0 N–H and O–H groups in total. The molecular formula is C16H17ClN2. The molecule has 0 aliphatic carbocycles. The van der Waals surface area contributed by atoms with Crippen molar-refractivity contribution in [2.75, 3.05) is 11.4 Å². The summed E-state index contributed by atoms with van der Waals surface area (Å²) in [5.41, 5.74) is 4.35. The van der Waals surface area contributed by atoms with E-state index < -0.39 is 0 Å². The Balaban J connectivity index is 2.41. The molecule has 0 bridgehead atoms. The molecule has 0 radical (unpaired) electrons. The molecule has 3 rings (SSSR count). The van der Waals surface area contributed by atoms with Crippen molar-refractivity contribution in [2.45, 2.75) is 26.8 Å². The Kier molecular flexibility index (Phi) is 2.98. The first-order valence-electron chi connectivity index (χ1n) is 6.66. The summed E-state index contributed by atoms with van der Waals surface area (Å²) in [5.74, 6) is 0. The number of halogens is 1. The van der Waals surface area contributed by atoms with Crippen LogP contribution in [0, 0.1) is 6.92 Å². The Morgan fingerprint density at radius 2 is 2.16 bits per heavy atom. The Morgan fingerprint density at radius 1 is 1.37 bits per heavy atom. The summed E-state index contributed by atoms with van der Waals surface area (Å²) < 4.78 is 0. The van der Waals surface area contributed by atoms with Gasteiger partial charge in [0.2, 0.25) is 0 Å². The molecule has 98 valence electrons. The second-order valence-corrected chi connectivity index (χ2v) is 5.44. The molecule has 2 aromatic rings. The van der Waals surface area contributed by atoms with Crippen LogP contribution in [0.3, 0.4) is 0 Å². The first kappa shape index (κ1) is 12.5. The predicted octanol–water partition coefficient (Wildman–Crippen LogP) is 4.44. The number of nitrogens with zero attached hydrogens (tertiary/aromatic N) is 2. The van der Waals surface area contributed by atoms with Crippen LogP contribution in [0.15, 0.2) is 24.3 Å². The fraction of sp³-hybridized carbons (Fsp3) is 0.312.